The molecule has 0 amide bonds. The first-order chi connectivity index (χ1) is 13.9. The zero-order chi connectivity index (χ0) is 21.2. The standard InChI is InChI=1S/C18H23N3OS.C2H2O4/c1-14-7-3-4-8-15(14)10-6-12-22-18-17(19-23-20-18)16-9-5-11-21(2)13-16;3-1(4)2(5)6/h3-4,7-9H,5-6,10-13H2,1-2H3;(H,3,4)(H,5,6). The predicted molar refractivity (Wildman–Crippen MR) is 110 cm³/mol. The van der Waals surface area contributed by atoms with E-state index in [2.05, 4.69) is 58.0 Å². The molecule has 0 saturated carbocycles. The lowest BCUT2D eigenvalue weighted by molar-refractivity contribution is -0.159. The van der Waals surface area contributed by atoms with E-state index in [1.807, 2.05) is 0 Å². The summed E-state index contributed by atoms with van der Waals surface area (Å²) < 4.78 is 14.7. The molecule has 0 unspecified atom stereocenters. The third-order valence-corrected chi connectivity index (χ3v) is 4.89. The van der Waals surface area contributed by atoms with E-state index >= 15 is 0 Å². The van der Waals surface area contributed by atoms with Gasteiger partial charge in [0.05, 0.1) is 18.3 Å². The van der Waals surface area contributed by atoms with Crippen molar-refractivity contribution in [2.24, 2.45) is 0 Å². The van der Waals surface area contributed by atoms with Crippen molar-refractivity contribution in [1.29, 1.82) is 0 Å². The van der Waals surface area contributed by atoms with Crippen LogP contribution in [0.4, 0.5) is 0 Å². The molecule has 0 aliphatic carbocycles. The van der Waals surface area contributed by atoms with Crippen LogP contribution < -0.4 is 4.74 Å². The van der Waals surface area contributed by atoms with Gasteiger partial charge in [-0.1, -0.05) is 30.3 Å². The van der Waals surface area contributed by atoms with E-state index in [0.29, 0.717) is 12.5 Å². The first kappa shape index (κ1) is 22.5. The van der Waals surface area contributed by atoms with Gasteiger partial charge in [-0.15, -0.1) is 4.37 Å². The summed E-state index contributed by atoms with van der Waals surface area (Å²) in [7, 11) is 2.13. The lowest BCUT2D eigenvalue weighted by Crippen LogP contribution is -2.25. The molecule has 0 fully saturated rings. The molecule has 0 atom stereocenters. The number of carbonyl (C=O) groups is 2. The summed E-state index contributed by atoms with van der Waals surface area (Å²) in [5.74, 6) is -2.95. The third kappa shape index (κ3) is 7.28. The van der Waals surface area contributed by atoms with Crippen LogP contribution >= 0.6 is 11.7 Å². The first-order valence-corrected chi connectivity index (χ1v) is 9.95. The predicted octanol–water partition coefficient (Wildman–Crippen LogP) is 2.73. The maximum Gasteiger partial charge on any atom is 0.414 e. The average Bonchev–Trinajstić information content (AvgIpc) is 3.15. The van der Waals surface area contributed by atoms with E-state index in [1.54, 1.807) is 0 Å². The van der Waals surface area contributed by atoms with E-state index in [4.69, 9.17) is 24.5 Å². The Morgan fingerprint density at radius 2 is 1.93 bits per heavy atom. The van der Waals surface area contributed by atoms with E-state index in [0.717, 1.165) is 38.0 Å². The summed E-state index contributed by atoms with van der Waals surface area (Å²) in [5, 5.41) is 14.8. The Balaban J connectivity index is 0.000000438. The highest BCUT2D eigenvalue weighted by atomic mass is 32.1. The van der Waals surface area contributed by atoms with Crippen LogP contribution in [0.1, 0.15) is 29.7 Å². The summed E-state index contributed by atoms with van der Waals surface area (Å²) >= 11 is 1.23. The number of hydrogen-bond donors (Lipinski definition) is 2. The number of likely N-dealkylation sites (N-methyl/N-ethyl adjacent to an activating group) is 1. The number of carboxylic acids is 2. The van der Waals surface area contributed by atoms with Crippen molar-refractivity contribution in [3.8, 4) is 5.88 Å². The van der Waals surface area contributed by atoms with Crippen LogP contribution in [0.3, 0.4) is 0 Å². The van der Waals surface area contributed by atoms with Crippen molar-refractivity contribution in [2.75, 3.05) is 26.7 Å². The lowest BCUT2D eigenvalue weighted by Gasteiger charge is -2.22. The molecule has 2 heterocycles. The van der Waals surface area contributed by atoms with E-state index in [-0.39, 0.29) is 0 Å². The van der Waals surface area contributed by atoms with Crippen molar-refractivity contribution < 1.29 is 24.5 Å². The van der Waals surface area contributed by atoms with E-state index in [9.17, 15) is 0 Å². The zero-order valence-electron chi connectivity index (χ0n) is 16.5. The molecule has 3 rings (SSSR count). The van der Waals surface area contributed by atoms with Crippen LogP contribution in [-0.2, 0) is 16.0 Å². The Hall–Kier alpha value is -2.78. The second-order valence-corrected chi connectivity index (χ2v) is 7.19. The molecule has 29 heavy (non-hydrogen) atoms. The summed E-state index contributed by atoms with van der Waals surface area (Å²) in [6, 6.07) is 8.52. The smallest absolute Gasteiger partial charge is 0.414 e. The highest BCUT2D eigenvalue weighted by Crippen LogP contribution is 2.27. The minimum absolute atomic E-state index is 0.676. The molecule has 2 N–H and O–H groups in total. The molecule has 0 bridgehead atoms. The second kappa shape index (κ2) is 11.3. The fourth-order valence-electron chi connectivity index (χ4n) is 2.86. The molecule has 1 aliphatic heterocycles. The second-order valence-electron chi connectivity index (χ2n) is 6.66. The fraction of sp³-hybridized carbons (Fsp3) is 0.400. The Morgan fingerprint density at radius 1 is 1.21 bits per heavy atom. The molecule has 9 heteroatoms. The van der Waals surface area contributed by atoms with Gasteiger partial charge in [0.2, 0.25) is 0 Å². The molecule has 2 aromatic rings. The maximum absolute atomic E-state index is 9.10. The highest BCUT2D eigenvalue weighted by molar-refractivity contribution is 6.99. The van der Waals surface area contributed by atoms with Crippen LogP contribution in [0.15, 0.2) is 30.3 Å². The zero-order valence-corrected chi connectivity index (χ0v) is 17.3. The molecular weight excluding hydrogens is 394 g/mol. The number of aliphatic carboxylic acids is 2. The van der Waals surface area contributed by atoms with Crippen LogP contribution in [0.2, 0.25) is 0 Å². The SMILES string of the molecule is Cc1ccccc1CCCOc1nsnc1C1=CCCN(C)C1.O=C(O)C(=O)O. The summed E-state index contributed by atoms with van der Waals surface area (Å²) in [6.07, 6.45) is 5.35. The summed E-state index contributed by atoms with van der Waals surface area (Å²) in [5.41, 5.74) is 4.90. The van der Waals surface area contributed by atoms with Gasteiger partial charge in [0.15, 0.2) is 0 Å². The Kier molecular flexibility index (Phi) is 8.75. The largest absolute Gasteiger partial charge is 0.475 e. The first-order valence-electron chi connectivity index (χ1n) is 9.22. The van der Waals surface area contributed by atoms with Crippen molar-refractivity contribution >= 4 is 29.2 Å². The molecule has 0 radical (unpaired) electrons. The molecule has 1 aromatic heterocycles. The van der Waals surface area contributed by atoms with Crippen molar-refractivity contribution in [3.63, 3.8) is 0 Å². The van der Waals surface area contributed by atoms with Gasteiger partial charge in [-0.25, -0.2) is 9.59 Å². The van der Waals surface area contributed by atoms with Crippen LogP contribution in [0.5, 0.6) is 5.88 Å². The van der Waals surface area contributed by atoms with Gasteiger partial charge in [0.25, 0.3) is 5.88 Å². The highest BCUT2D eigenvalue weighted by Gasteiger charge is 2.18. The monoisotopic (exact) mass is 419 g/mol. The quantitative estimate of drug-likeness (QED) is 0.543. The van der Waals surface area contributed by atoms with Crippen LogP contribution in [0, 0.1) is 6.92 Å². The number of ether oxygens (including phenoxy) is 1. The number of aromatic nitrogens is 2. The molecule has 0 saturated heterocycles. The molecule has 8 nitrogen and oxygen atoms in total. The topological polar surface area (TPSA) is 113 Å². The lowest BCUT2D eigenvalue weighted by atomic mass is 10.0. The number of hydrogen-bond acceptors (Lipinski definition) is 7. The normalized spacial score (nSPS) is 13.8. The minimum atomic E-state index is -1.82. The number of aryl methyl sites for hydroxylation is 2. The van der Waals surface area contributed by atoms with Crippen LogP contribution in [0.25, 0.3) is 5.57 Å². The van der Waals surface area contributed by atoms with Gasteiger partial charge >= 0.3 is 11.9 Å². The van der Waals surface area contributed by atoms with Gasteiger partial charge in [-0.05, 0) is 49.9 Å². The molecule has 0 spiro atoms. The van der Waals surface area contributed by atoms with Gasteiger partial charge in [-0.2, -0.15) is 4.37 Å². The van der Waals surface area contributed by atoms with Gasteiger partial charge in [0, 0.05) is 13.1 Å². The van der Waals surface area contributed by atoms with Crippen molar-refractivity contribution in [1.82, 2.24) is 13.6 Å². The molecule has 156 valence electrons. The van der Waals surface area contributed by atoms with Gasteiger partial charge < -0.3 is 19.8 Å². The third-order valence-electron chi connectivity index (χ3n) is 4.38. The Morgan fingerprint density at radius 3 is 2.59 bits per heavy atom. The molecular formula is C20H25N3O5S. The van der Waals surface area contributed by atoms with Gasteiger partial charge in [0.1, 0.15) is 5.69 Å². The summed E-state index contributed by atoms with van der Waals surface area (Å²) in [4.78, 5) is 20.5. The van der Waals surface area contributed by atoms with Gasteiger partial charge in [-0.3, -0.25) is 0 Å². The molecule has 1 aromatic carbocycles. The van der Waals surface area contributed by atoms with Crippen LogP contribution in [-0.4, -0.2) is 62.5 Å². The van der Waals surface area contributed by atoms with Crippen molar-refractivity contribution in [2.45, 2.75) is 26.2 Å². The van der Waals surface area contributed by atoms with E-state index in [1.165, 1.54) is 28.4 Å². The summed E-state index contributed by atoms with van der Waals surface area (Å²) in [6.45, 7) is 4.86. The average molecular weight is 420 g/mol. The molecule has 1 aliphatic rings. The Labute approximate surface area is 173 Å². The fourth-order valence-corrected chi connectivity index (χ4v) is 3.39. The number of nitrogens with zero attached hydrogens (tertiary/aromatic N) is 3. The minimum Gasteiger partial charge on any atom is -0.475 e. The maximum atomic E-state index is 9.10. The number of carboxylic acid groups (broad SMARTS) is 2. The van der Waals surface area contributed by atoms with Crippen molar-refractivity contribution in [3.05, 3.63) is 47.2 Å². The Bertz CT molecular complexity index is 853. The van der Waals surface area contributed by atoms with E-state index < -0.39 is 11.9 Å². The number of benzene rings is 1. The number of rotatable bonds is 6.